The van der Waals surface area contributed by atoms with E-state index >= 15 is 0 Å². The Labute approximate surface area is 147 Å². The Morgan fingerprint density at radius 3 is 2.48 bits per heavy atom. The third kappa shape index (κ3) is 4.35. The number of hydrogen-bond acceptors (Lipinski definition) is 4. The predicted molar refractivity (Wildman–Crippen MR) is 96.3 cm³/mol. The molecule has 1 aliphatic rings. The number of nitrogens with one attached hydrogen (secondary N) is 1. The second kappa shape index (κ2) is 7.79. The fourth-order valence-electron chi connectivity index (χ4n) is 2.88. The van der Waals surface area contributed by atoms with E-state index in [1.165, 1.54) is 0 Å². The third-order valence-electron chi connectivity index (χ3n) is 4.37. The quantitative estimate of drug-likeness (QED) is 0.921. The molecule has 1 aromatic heterocycles. The van der Waals surface area contributed by atoms with Gasteiger partial charge in [-0.25, -0.2) is 0 Å². The molecule has 1 N–H and O–H groups in total. The molecule has 0 saturated carbocycles. The van der Waals surface area contributed by atoms with Crippen LogP contribution in [0.25, 0.3) is 0 Å². The van der Waals surface area contributed by atoms with Gasteiger partial charge in [0.2, 0.25) is 5.91 Å². The van der Waals surface area contributed by atoms with E-state index < -0.39 is 0 Å². The normalized spacial score (nSPS) is 14.3. The molecule has 1 aliphatic heterocycles. The van der Waals surface area contributed by atoms with Gasteiger partial charge in [0, 0.05) is 45.8 Å². The van der Waals surface area contributed by atoms with Crippen LogP contribution in [0.4, 0.5) is 5.69 Å². The summed E-state index contributed by atoms with van der Waals surface area (Å²) in [6.07, 6.45) is 3.34. The Kier molecular flexibility index (Phi) is 5.28. The highest BCUT2D eigenvalue weighted by Gasteiger charge is 2.19. The van der Waals surface area contributed by atoms with Crippen molar-refractivity contribution in [3.8, 4) is 0 Å². The Morgan fingerprint density at radius 1 is 1.08 bits per heavy atom. The number of carbonyl (C=O) groups excluding carboxylic acids is 2. The summed E-state index contributed by atoms with van der Waals surface area (Å²) in [6, 6.07) is 11.7. The molecule has 6 nitrogen and oxygen atoms in total. The molecule has 130 valence electrons. The third-order valence-corrected chi connectivity index (χ3v) is 4.37. The highest BCUT2D eigenvalue weighted by atomic mass is 16.2. The number of nitrogens with zero attached hydrogens (tertiary/aromatic N) is 3. The predicted octanol–water partition coefficient (Wildman–Crippen LogP) is 1.68. The fraction of sp³-hybridized carbons (Fsp3) is 0.316. The van der Waals surface area contributed by atoms with E-state index in [1.807, 2.05) is 41.3 Å². The van der Waals surface area contributed by atoms with Crippen LogP contribution in [0.1, 0.15) is 22.8 Å². The van der Waals surface area contributed by atoms with Crippen molar-refractivity contribution >= 4 is 17.5 Å². The molecular weight excluding hydrogens is 316 g/mol. The highest BCUT2D eigenvalue weighted by Crippen LogP contribution is 2.17. The Morgan fingerprint density at radius 2 is 1.80 bits per heavy atom. The van der Waals surface area contributed by atoms with Crippen LogP contribution < -0.4 is 10.2 Å². The van der Waals surface area contributed by atoms with E-state index in [-0.39, 0.29) is 11.8 Å². The largest absolute Gasteiger partial charge is 0.367 e. The maximum Gasteiger partial charge on any atom is 0.253 e. The molecule has 25 heavy (non-hydrogen) atoms. The van der Waals surface area contributed by atoms with Gasteiger partial charge in [-0.15, -0.1) is 0 Å². The smallest absolute Gasteiger partial charge is 0.253 e. The lowest BCUT2D eigenvalue weighted by molar-refractivity contribution is -0.129. The number of pyridine rings is 1. The molecule has 1 saturated heterocycles. The van der Waals surface area contributed by atoms with E-state index in [0.29, 0.717) is 25.2 Å². The zero-order valence-corrected chi connectivity index (χ0v) is 14.3. The molecule has 0 bridgehead atoms. The van der Waals surface area contributed by atoms with Gasteiger partial charge in [-0.1, -0.05) is 30.3 Å². The summed E-state index contributed by atoms with van der Waals surface area (Å²) < 4.78 is 0. The maximum atomic E-state index is 12.4. The first-order valence-corrected chi connectivity index (χ1v) is 8.41. The van der Waals surface area contributed by atoms with Crippen LogP contribution >= 0.6 is 0 Å². The summed E-state index contributed by atoms with van der Waals surface area (Å²) in [5, 5.41) is 2.92. The zero-order chi connectivity index (χ0) is 17.6. The van der Waals surface area contributed by atoms with E-state index in [2.05, 4.69) is 15.2 Å². The minimum Gasteiger partial charge on any atom is -0.367 e. The Bertz CT molecular complexity index is 740. The van der Waals surface area contributed by atoms with Crippen LogP contribution in [0.5, 0.6) is 0 Å². The van der Waals surface area contributed by atoms with Crippen molar-refractivity contribution in [2.75, 3.05) is 31.1 Å². The summed E-state index contributed by atoms with van der Waals surface area (Å²) in [5.41, 5.74) is 2.51. The average Bonchev–Trinajstić information content (AvgIpc) is 2.67. The van der Waals surface area contributed by atoms with E-state index in [9.17, 15) is 9.59 Å². The van der Waals surface area contributed by atoms with Crippen LogP contribution in [0.2, 0.25) is 0 Å². The lowest BCUT2D eigenvalue weighted by atomic mass is 10.2. The molecule has 0 unspecified atom stereocenters. The number of hydrogen-bond donors (Lipinski definition) is 1. The summed E-state index contributed by atoms with van der Waals surface area (Å²) in [7, 11) is 0. The van der Waals surface area contributed by atoms with E-state index in [4.69, 9.17) is 0 Å². The van der Waals surface area contributed by atoms with Crippen molar-refractivity contribution in [2.45, 2.75) is 13.5 Å². The molecule has 2 heterocycles. The van der Waals surface area contributed by atoms with Gasteiger partial charge < -0.3 is 15.1 Å². The molecule has 1 fully saturated rings. The first-order valence-electron chi connectivity index (χ1n) is 8.41. The molecule has 0 atom stereocenters. The van der Waals surface area contributed by atoms with Crippen LogP contribution in [-0.4, -0.2) is 47.9 Å². The van der Waals surface area contributed by atoms with Gasteiger partial charge in [-0.2, -0.15) is 0 Å². The first kappa shape index (κ1) is 17.0. The van der Waals surface area contributed by atoms with Crippen molar-refractivity contribution in [3.63, 3.8) is 0 Å². The number of carbonyl (C=O) groups is 2. The number of benzene rings is 1. The molecule has 6 heteroatoms. The monoisotopic (exact) mass is 338 g/mol. The Hall–Kier alpha value is -2.89. The molecule has 0 radical (unpaired) electrons. The molecule has 0 aliphatic carbocycles. The van der Waals surface area contributed by atoms with Crippen molar-refractivity contribution in [1.82, 2.24) is 15.2 Å². The van der Waals surface area contributed by atoms with Crippen molar-refractivity contribution in [1.29, 1.82) is 0 Å². The van der Waals surface area contributed by atoms with Crippen LogP contribution in [0.3, 0.4) is 0 Å². The van der Waals surface area contributed by atoms with Gasteiger partial charge in [-0.05, 0) is 11.6 Å². The van der Waals surface area contributed by atoms with Gasteiger partial charge in [0.05, 0.1) is 17.4 Å². The Balaban J connectivity index is 1.61. The van der Waals surface area contributed by atoms with Crippen molar-refractivity contribution in [2.24, 2.45) is 0 Å². The van der Waals surface area contributed by atoms with Gasteiger partial charge in [-0.3, -0.25) is 14.6 Å². The standard InChI is InChI=1S/C19H22N4O2/c1-15(24)22-7-9-23(10-8-22)18-11-17(13-20-14-18)19(25)21-12-16-5-3-2-4-6-16/h2-6,11,13-14H,7-10,12H2,1H3,(H,21,25). The summed E-state index contributed by atoms with van der Waals surface area (Å²) in [4.78, 5) is 32.0. The molecule has 3 rings (SSSR count). The van der Waals surface area contributed by atoms with Crippen molar-refractivity contribution < 1.29 is 9.59 Å². The molecule has 2 amide bonds. The minimum absolute atomic E-state index is 0.104. The van der Waals surface area contributed by atoms with Crippen LogP contribution in [-0.2, 0) is 11.3 Å². The fourth-order valence-corrected chi connectivity index (χ4v) is 2.88. The summed E-state index contributed by atoms with van der Waals surface area (Å²) >= 11 is 0. The van der Waals surface area contributed by atoms with Crippen LogP contribution in [0.15, 0.2) is 48.8 Å². The molecular formula is C19H22N4O2. The number of anilines is 1. The topological polar surface area (TPSA) is 65.5 Å². The molecule has 2 aromatic rings. The summed E-state index contributed by atoms with van der Waals surface area (Å²) in [6.45, 7) is 4.96. The van der Waals surface area contributed by atoms with Crippen molar-refractivity contribution in [3.05, 3.63) is 59.9 Å². The minimum atomic E-state index is -0.138. The first-order chi connectivity index (χ1) is 12.1. The number of piperazine rings is 1. The summed E-state index contributed by atoms with van der Waals surface area (Å²) in [5.74, 6) is -0.0348. The van der Waals surface area contributed by atoms with Gasteiger partial charge in [0.1, 0.15) is 0 Å². The number of amides is 2. The average molecular weight is 338 g/mol. The van der Waals surface area contributed by atoms with E-state index in [0.717, 1.165) is 24.3 Å². The number of rotatable bonds is 4. The SMILES string of the molecule is CC(=O)N1CCN(c2cncc(C(=O)NCc3ccccc3)c2)CC1. The van der Waals surface area contributed by atoms with E-state index in [1.54, 1.807) is 19.3 Å². The van der Waals surface area contributed by atoms with Gasteiger partial charge in [0.15, 0.2) is 0 Å². The lowest BCUT2D eigenvalue weighted by Crippen LogP contribution is -2.48. The molecule has 1 aromatic carbocycles. The molecule has 0 spiro atoms. The second-order valence-electron chi connectivity index (χ2n) is 6.09. The second-order valence-corrected chi connectivity index (χ2v) is 6.09. The zero-order valence-electron chi connectivity index (χ0n) is 14.3. The maximum absolute atomic E-state index is 12.4. The van der Waals surface area contributed by atoms with Gasteiger partial charge >= 0.3 is 0 Å². The van der Waals surface area contributed by atoms with Gasteiger partial charge in [0.25, 0.3) is 5.91 Å². The highest BCUT2D eigenvalue weighted by molar-refractivity contribution is 5.94. The lowest BCUT2D eigenvalue weighted by Gasteiger charge is -2.35. The number of aromatic nitrogens is 1. The van der Waals surface area contributed by atoms with Crippen LogP contribution in [0, 0.1) is 0 Å².